The fraction of sp³-hybridized carbons (Fsp3) is 0.529. The van der Waals surface area contributed by atoms with E-state index in [2.05, 4.69) is 10.2 Å². The van der Waals surface area contributed by atoms with Crippen molar-refractivity contribution in [1.29, 1.82) is 0 Å². The fourth-order valence-electron chi connectivity index (χ4n) is 2.57. The number of hydrogen-bond donors (Lipinski definition) is 1. The highest BCUT2D eigenvalue weighted by atomic mass is 16.6. The van der Waals surface area contributed by atoms with Crippen molar-refractivity contribution in [2.24, 2.45) is 0 Å². The van der Waals surface area contributed by atoms with E-state index in [-0.39, 0.29) is 12.1 Å². The minimum Gasteiger partial charge on any atom is -0.444 e. The van der Waals surface area contributed by atoms with Gasteiger partial charge in [-0.3, -0.25) is 4.79 Å². The molecule has 1 saturated heterocycles. The van der Waals surface area contributed by atoms with Crippen molar-refractivity contribution < 1.29 is 14.3 Å². The predicted molar refractivity (Wildman–Crippen MR) is 86.4 cm³/mol. The van der Waals surface area contributed by atoms with E-state index in [0.717, 1.165) is 37.9 Å². The van der Waals surface area contributed by atoms with Crippen LogP contribution in [0.25, 0.3) is 0 Å². The fourth-order valence-corrected chi connectivity index (χ4v) is 2.57. The highest BCUT2D eigenvalue weighted by Gasteiger charge is 2.24. The third kappa shape index (κ3) is 4.76. The number of nitrogens with zero attached hydrogens (tertiary/aromatic N) is 1. The van der Waals surface area contributed by atoms with Crippen LogP contribution in [0.1, 0.15) is 44.0 Å². The molecule has 0 saturated carbocycles. The molecule has 5 heteroatoms. The lowest BCUT2D eigenvalue weighted by atomic mass is 10.0. The molecule has 1 aliphatic heterocycles. The first kappa shape index (κ1) is 16.3. The number of rotatable bonds is 3. The van der Waals surface area contributed by atoms with Crippen molar-refractivity contribution in [2.75, 3.05) is 18.0 Å². The normalized spacial score (nSPS) is 18.7. The second-order valence-electron chi connectivity index (χ2n) is 6.64. The highest BCUT2D eigenvalue weighted by Crippen LogP contribution is 2.20. The summed E-state index contributed by atoms with van der Waals surface area (Å²) < 4.78 is 5.30. The van der Waals surface area contributed by atoms with Crippen molar-refractivity contribution >= 4 is 18.1 Å². The third-order valence-electron chi connectivity index (χ3n) is 3.54. The lowest BCUT2D eigenvalue weighted by molar-refractivity contribution is 0.0500. The molecule has 22 heavy (non-hydrogen) atoms. The Balaban J connectivity index is 1.93. The summed E-state index contributed by atoms with van der Waals surface area (Å²) in [5.74, 6) is 0. The van der Waals surface area contributed by atoms with E-state index in [1.807, 2.05) is 45.0 Å². The first-order valence-electron chi connectivity index (χ1n) is 7.67. The van der Waals surface area contributed by atoms with Crippen molar-refractivity contribution in [1.82, 2.24) is 5.32 Å². The Bertz CT molecular complexity index is 520. The second kappa shape index (κ2) is 6.81. The van der Waals surface area contributed by atoms with Gasteiger partial charge in [0.2, 0.25) is 0 Å². The molecule has 1 aliphatic rings. The number of amides is 1. The third-order valence-corrected chi connectivity index (χ3v) is 3.54. The van der Waals surface area contributed by atoms with Gasteiger partial charge in [-0.05, 0) is 57.9 Å². The molecule has 1 atom stereocenters. The average Bonchev–Trinajstić information content (AvgIpc) is 2.45. The van der Waals surface area contributed by atoms with Crippen LogP contribution in [-0.2, 0) is 4.74 Å². The monoisotopic (exact) mass is 304 g/mol. The van der Waals surface area contributed by atoms with Gasteiger partial charge in [0.25, 0.3) is 0 Å². The van der Waals surface area contributed by atoms with E-state index in [0.29, 0.717) is 5.56 Å². The van der Waals surface area contributed by atoms with Gasteiger partial charge in [0.05, 0.1) is 0 Å². The highest BCUT2D eigenvalue weighted by molar-refractivity contribution is 5.75. The van der Waals surface area contributed by atoms with E-state index < -0.39 is 5.60 Å². The molecule has 1 aromatic carbocycles. The number of anilines is 1. The number of alkyl carbamates (subject to hydrolysis) is 1. The molecule has 1 heterocycles. The predicted octanol–water partition coefficient (Wildman–Crippen LogP) is 2.99. The molecule has 2 rings (SSSR count). The van der Waals surface area contributed by atoms with Crippen LogP contribution >= 0.6 is 0 Å². The quantitative estimate of drug-likeness (QED) is 0.872. The van der Waals surface area contributed by atoms with Gasteiger partial charge in [0, 0.05) is 30.4 Å². The Morgan fingerprint density at radius 3 is 2.59 bits per heavy atom. The maximum absolute atomic E-state index is 11.9. The smallest absolute Gasteiger partial charge is 0.407 e. The van der Waals surface area contributed by atoms with Crippen LogP contribution in [0.3, 0.4) is 0 Å². The van der Waals surface area contributed by atoms with Gasteiger partial charge in [0.15, 0.2) is 0 Å². The molecule has 0 bridgehead atoms. The largest absolute Gasteiger partial charge is 0.444 e. The molecule has 0 aromatic heterocycles. The minimum atomic E-state index is -0.483. The van der Waals surface area contributed by atoms with Crippen LogP contribution in [-0.4, -0.2) is 37.1 Å². The Morgan fingerprint density at radius 2 is 2.00 bits per heavy atom. The summed E-state index contributed by atoms with van der Waals surface area (Å²) in [5, 5.41) is 2.94. The van der Waals surface area contributed by atoms with Crippen LogP contribution < -0.4 is 10.2 Å². The number of nitrogens with one attached hydrogen (secondary N) is 1. The zero-order chi connectivity index (χ0) is 16.2. The van der Waals surface area contributed by atoms with Gasteiger partial charge in [-0.25, -0.2) is 4.79 Å². The lowest BCUT2D eigenvalue weighted by Crippen LogP contribution is -2.49. The molecule has 1 amide bonds. The summed E-state index contributed by atoms with van der Waals surface area (Å²) in [6, 6.07) is 7.59. The maximum Gasteiger partial charge on any atom is 0.407 e. The van der Waals surface area contributed by atoms with Gasteiger partial charge >= 0.3 is 6.09 Å². The van der Waals surface area contributed by atoms with Gasteiger partial charge in [-0.1, -0.05) is 0 Å². The number of carbonyl (C=O) groups is 2. The molecule has 0 unspecified atom stereocenters. The number of piperidine rings is 1. The van der Waals surface area contributed by atoms with E-state index in [4.69, 9.17) is 4.74 Å². The molecule has 0 radical (unpaired) electrons. The molecule has 120 valence electrons. The van der Waals surface area contributed by atoms with Crippen LogP contribution in [0.2, 0.25) is 0 Å². The zero-order valence-corrected chi connectivity index (χ0v) is 13.5. The zero-order valence-electron chi connectivity index (χ0n) is 13.5. The van der Waals surface area contributed by atoms with Gasteiger partial charge < -0.3 is 15.0 Å². The number of carbonyl (C=O) groups excluding carboxylic acids is 2. The van der Waals surface area contributed by atoms with Gasteiger partial charge in [-0.15, -0.1) is 0 Å². The van der Waals surface area contributed by atoms with Crippen LogP contribution in [0.4, 0.5) is 10.5 Å². The van der Waals surface area contributed by atoms with E-state index in [1.165, 1.54) is 0 Å². The molecule has 1 fully saturated rings. The number of hydrogen-bond acceptors (Lipinski definition) is 4. The Hall–Kier alpha value is -2.04. The molecule has 1 N–H and O–H groups in total. The lowest BCUT2D eigenvalue weighted by Gasteiger charge is -2.35. The van der Waals surface area contributed by atoms with E-state index in [1.54, 1.807) is 0 Å². The molecule has 0 spiro atoms. The maximum atomic E-state index is 11.9. The van der Waals surface area contributed by atoms with Crippen molar-refractivity contribution in [3.63, 3.8) is 0 Å². The molecule has 0 aliphatic carbocycles. The van der Waals surface area contributed by atoms with E-state index in [9.17, 15) is 9.59 Å². The van der Waals surface area contributed by atoms with Gasteiger partial charge in [-0.2, -0.15) is 0 Å². The topological polar surface area (TPSA) is 58.6 Å². The minimum absolute atomic E-state index is 0.0781. The van der Waals surface area contributed by atoms with Crippen molar-refractivity contribution in [3.8, 4) is 0 Å². The number of ether oxygens (including phenoxy) is 1. The Morgan fingerprint density at radius 1 is 1.32 bits per heavy atom. The first-order valence-corrected chi connectivity index (χ1v) is 7.67. The summed E-state index contributed by atoms with van der Waals surface area (Å²) in [4.78, 5) is 24.8. The summed E-state index contributed by atoms with van der Waals surface area (Å²) in [6.07, 6.45) is 2.43. The molecule has 1 aromatic rings. The first-order chi connectivity index (χ1) is 10.4. The average molecular weight is 304 g/mol. The van der Waals surface area contributed by atoms with Crippen molar-refractivity contribution in [2.45, 2.75) is 45.3 Å². The molecular formula is C17H24N2O3. The van der Waals surface area contributed by atoms with Crippen molar-refractivity contribution in [3.05, 3.63) is 29.8 Å². The number of benzene rings is 1. The standard InChI is InChI=1S/C17H24N2O3/c1-17(2,3)22-16(21)18-14-5-4-10-19(11-14)15-8-6-13(12-20)7-9-15/h6-9,12,14H,4-5,10-11H2,1-3H3,(H,18,21)/t14-/m1/s1. The molecule has 5 nitrogen and oxygen atoms in total. The van der Waals surface area contributed by atoms with Crippen LogP contribution in [0, 0.1) is 0 Å². The summed E-state index contributed by atoms with van der Waals surface area (Å²) in [6.45, 7) is 7.27. The summed E-state index contributed by atoms with van der Waals surface area (Å²) >= 11 is 0. The Kier molecular flexibility index (Phi) is 5.06. The summed E-state index contributed by atoms with van der Waals surface area (Å²) in [5.41, 5.74) is 1.26. The Labute approximate surface area is 131 Å². The number of aldehydes is 1. The second-order valence-corrected chi connectivity index (χ2v) is 6.64. The van der Waals surface area contributed by atoms with Gasteiger partial charge in [0.1, 0.15) is 11.9 Å². The van der Waals surface area contributed by atoms with Crippen LogP contribution in [0.5, 0.6) is 0 Å². The van der Waals surface area contributed by atoms with E-state index >= 15 is 0 Å². The molecular weight excluding hydrogens is 280 g/mol. The summed E-state index contributed by atoms with van der Waals surface area (Å²) in [7, 11) is 0. The van der Waals surface area contributed by atoms with Crippen LogP contribution in [0.15, 0.2) is 24.3 Å². The SMILES string of the molecule is CC(C)(C)OC(=O)N[C@@H]1CCCN(c2ccc(C=O)cc2)C1.